The number of carboxylic acids is 1. The second-order valence-corrected chi connectivity index (χ2v) is 4.98. The summed E-state index contributed by atoms with van der Waals surface area (Å²) < 4.78 is 0. The SMILES string of the molecule is O=C(O)CCc1cccc(-c2cccc(Cl)c2Cl)c1. The monoisotopic (exact) mass is 294 g/mol. The predicted molar refractivity (Wildman–Crippen MR) is 77.9 cm³/mol. The molecule has 1 N–H and O–H groups in total. The quantitative estimate of drug-likeness (QED) is 0.889. The van der Waals surface area contributed by atoms with Gasteiger partial charge in [-0.05, 0) is 23.6 Å². The maximum atomic E-state index is 10.6. The van der Waals surface area contributed by atoms with Gasteiger partial charge in [0.1, 0.15) is 0 Å². The molecule has 2 aromatic carbocycles. The Morgan fingerprint density at radius 3 is 2.58 bits per heavy atom. The molecule has 19 heavy (non-hydrogen) atoms. The summed E-state index contributed by atoms with van der Waals surface area (Å²) in [6.07, 6.45) is 0.619. The van der Waals surface area contributed by atoms with Crippen molar-refractivity contribution in [3.63, 3.8) is 0 Å². The molecule has 0 aliphatic rings. The number of carboxylic acid groups (broad SMARTS) is 1. The molecule has 0 amide bonds. The van der Waals surface area contributed by atoms with E-state index in [1.165, 1.54) is 0 Å². The highest BCUT2D eigenvalue weighted by Gasteiger charge is 2.07. The molecule has 0 aliphatic heterocycles. The summed E-state index contributed by atoms with van der Waals surface area (Å²) in [5, 5.41) is 9.73. The Balaban J connectivity index is 2.32. The fourth-order valence-corrected chi connectivity index (χ4v) is 2.28. The average molecular weight is 295 g/mol. The summed E-state index contributed by atoms with van der Waals surface area (Å²) in [7, 11) is 0. The van der Waals surface area contributed by atoms with Gasteiger partial charge in [0.05, 0.1) is 10.0 Å². The molecule has 0 bridgehead atoms. The number of hydrogen-bond acceptors (Lipinski definition) is 1. The third-order valence-corrected chi connectivity index (χ3v) is 3.64. The summed E-state index contributed by atoms with van der Waals surface area (Å²) in [4.78, 5) is 10.6. The van der Waals surface area contributed by atoms with Crippen molar-refractivity contribution in [2.24, 2.45) is 0 Å². The molecule has 0 saturated heterocycles. The minimum atomic E-state index is -0.800. The van der Waals surface area contributed by atoms with E-state index >= 15 is 0 Å². The second-order valence-electron chi connectivity index (χ2n) is 4.20. The summed E-state index contributed by atoms with van der Waals surface area (Å²) >= 11 is 12.2. The van der Waals surface area contributed by atoms with E-state index < -0.39 is 5.97 Å². The topological polar surface area (TPSA) is 37.3 Å². The van der Waals surface area contributed by atoms with Gasteiger partial charge in [0.2, 0.25) is 0 Å². The van der Waals surface area contributed by atoms with Crippen LogP contribution >= 0.6 is 23.2 Å². The molecule has 2 aromatic rings. The zero-order chi connectivity index (χ0) is 13.8. The normalized spacial score (nSPS) is 10.4. The molecule has 0 unspecified atom stereocenters. The third kappa shape index (κ3) is 3.49. The van der Waals surface area contributed by atoms with E-state index in [1.807, 2.05) is 36.4 Å². The van der Waals surface area contributed by atoms with Gasteiger partial charge in [-0.25, -0.2) is 0 Å². The number of aryl methyl sites for hydroxylation is 1. The van der Waals surface area contributed by atoms with Gasteiger partial charge >= 0.3 is 5.97 Å². The lowest BCUT2D eigenvalue weighted by Gasteiger charge is -2.08. The molecule has 0 saturated carbocycles. The first kappa shape index (κ1) is 13.9. The summed E-state index contributed by atoms with van der Waals surface area (Å²) in [5.41, 5.74) is 2.76. The van der Waals surface area contributed by atoms with E-state index in [-0.39, 0.29) is 6.42 Å². The molecule has 0 radical (unpaired) electrons. The van der Waals surface area contributed by atoms with Gasteiger partial charge in [-0.3, -0.25) is 4.79 Å². The van der Waals surface area contributed by atoms with Gasteiger partial charge in [0.15, 0.2) is 0 Å². The van der Waals surface area contributed by atoms with Crippen LogP contribution in [0.3, 0.4) is 0 Å². The molecular formula is C15H12Cl2O2. The Labute approximate surface area is 121 Å². The van der Waals surface area contributed by atoms with E-state index in [9.17, 15) is 4.79 Å². The van der Waals surface area contributed by atoms with Crippen molar-refractivity contribution in [3.05, 3.63) is 58.1 Å². The standard InChI is InChI=1S/C15H12Cl2O2/c16-13-6-2-5-12(15(13)17)11-4-1-3-10(9-11)7-8-14(18)19/h1-6,9H,7-8H2,(H,18,19). The number of aliphatic carboxylic acids is 1. The van der Waals surface area contributed by atoms with Crippen LogP contribution in [0.15, 0.2) is 42.5 Å². The van der Waals surface area contributed by atoms with Crippen molar-refractivity contribution in [1.29, 1.82) is 0 Å². The molecule has 0 spiro atoms. The lowest BCUT2D eigenvalue weighted by atomic mass is 10.0. The number of rotatable bonds is 4. The molecule has 0 aromatic heterocycles. The molecule has 0 fully saturated rings. The van der Waals surface area contributed by atoms with E-state index in [4.69, 9.17) is 28.3 Å². The highest BCUT2D eigenvalue weighted by Crippen LogP contribution is 2.33. The third-order valence-electron chi connectivity index (χ3n) is 2.82. The van der Waals surface area contributed by atoms with Crippen molar-refractivity contribution in [2.75, 3.05) is 0 Å². The molecule has 0 heterocycles. The van der Waals surface area contributed by atoms with Gasteiger partial charge in [-0.2, -0.15) is 0 Å². The maximum Gasteiger partial charge on any atom is 0.303 e. The highest BCUT2D eigenvalue weighted by molar-refractivity contribution is 6.43. The number of carbonyl (C=O) groups is 1. The number of halogens is 2. The van der Waals surface area contributed by atoms with Crippen LogP contribution in [0, 0.1) is 0 Å². The molecule has 98 valence electrons. The van der Waals surface area contributed by atoms with E-state index in [0.29, 0.717) is 16.5 Å². The van der Waals surface area contributed by atoms with Crippen LogP contribution < -0.4 is 0 Å². The van der Waals surface area contributed by atoms with Crippen LogP contribution in [0.1, 0.15) is 12.0 Å². The molecule has 2 nitrogen and oxygen atoms in total. The Kier molecular flexibility index (Phi) is 4.46. The lowest BCUT2D eigenvalue weighted by Crippen LogP contribution is -1.97. The van der Waals surface area contributed by atoms with E-state index in [2.05, 4.69) is 0 Å². The summed E-state index contributed by atoms with van der Waals surface area (Å²) in [6, 6.07) is 13.1. The largest absolute Gasteiger partial charge is 0.481 e. The fraction of sp³-hybridized carbons (Fsp3) is 0.133. The highest BCUT2D eigenvalue weighted by atomic mass is 35.5. The van der Waals surface area contributed by atoms with Gasteiger partial charge in [0.25, 0.3) is 0 Å². The van der Waals surface area contributed by atoms with Crippen LogP contribution in [0.5, 0.6) is 0 Å². The summed E-state index contributed by atoms with van der Waals surface area (Å²) in [5.74, 6) is -0.800. The van der Waals surface area contributed by atoms with Crippen LogP contribution in [0.4, 0.5) is 0 Å². The van der Waals surface area contributed by atoms with Crippen LogP contribution in [-0.4, -0.2) is 11.1 Å². The Morgan fingerprint density at radius 2 is 1.84 bits per heavy atom. The van der Waals surface area contributed by atoms with Crippen molar-refractivity contribution >= 4 is 29.2 Å². The number of benzene rings is 2. The maximum absolute atomic E-state index is 10.6. The first-order valence-electron chi connectivity index (χ1n) is 5.83. The zero-order valence-electron chi connectivity index (χ0n) is 10.1. The Bertz CT molecular complexity index is 609. The van der Waals surface area contributed by atoms with Crippen LogP contribution in [0.2, 0.25) is 10.0 Å². The van der Waals surface area contributed by atoms with Crippen LogP contribution in [0.25, 0.3) is 11.1 Å². The molecular weight excluding hydrogens is 283 g/mol. The number of hydrogen-bond donors (Lipinski definition) is 1. The molecule has 4 heteroatoms. The van der Waals surface area contributed by atoms with Crippen molar-refractivity contribution in [3.8, 4) is 11.1 Å². The van der Waals surface area contributed by atoms with Crippen molar-refractivity contribution < 1.29 is 9.90 Å². The van der Waals surface area contributed by atoms with Gasteiger partial charge < -0.3 is 5.11 Å². The van der Waals surface area contributed by atoms with Gasteiger partial charge in [-0.1, -0.05) is 59.6 Å². The zero-order valence-corrected chi connectivity index (χ0v) is 11.6. The Morgan fingerprint density at radius 1 is 1.11 bits per heavy atom. The minimum Gasteiger partial charge on any atom is -0.481 e. The van der Waals surface area contributed by atoms with Gasteiger partial charge in [-0.15, -0.1) is 0 Å². The van der Waals surface area contributed by atoms with E-state index in [0.717, 1.165) is 16.7 Å². The van der Waals surface area contributed by atoms with E-state index in [1.54, 1.807) is 6.07 Å². The first-order chi connectivity index (χ1) is 9.08. The van der Waals surface area contributed by atoms with Crippen molar-refractivity contribution in [1.82, 2.24) is 0 Å². The van der Waals surface area contributed by atoms with Crippen molar-refractivity contribution in [2.45, 2.75) is 12.8 Å². The smallest absolute Gasteiger partial charge is 0.303 e. The average Bonchev–Trinajstić information content (AvgIpc) is 2.40. The molecule has 0 atom stereocenters. The summed E-state index contributed by atoms with van der Waals surface area (Å²) in [6.45, 7) is 0. The fourth-order valence-electron chi connectivity index (χ4n) is 1.87. The first-order valence-corrected chi connectivity index (χ1v) is 6.58. The van der Waals surface area contributed by atoms with Gasteiger partial charge in [0, 0.05) is 12.0 Å². The molecule has 2 rings (SSSR count). The predicted octanol–water partition coefficient (Wildman–Crippen LogP) is 4.68. The second kappa shape index (κ2) is 6.09. The Hall–Kier alpha value is -1.51. The minimum absolute atomic E-state index is 0.118. The lowest BCUT2D eigenvalue weighted by molar-refractivity contribution is -0.136. The van der Waals surface area contributed by atoms with Crippen LogP contribution in [-0.2, 0) is 11.2 Å². The molecule has 0 aliphatic carbocycles.